The van der Waals surface area contributed by atoms with Crippen LogP contribution in [0.2, 0.25) is 0 Å². The molecule has 1 atom stereocenters. The van der Waals surface area contributed by atoms with Crippen LogP contribution in [0.25, 0.3) is 0 Å². The monoisotopic (exact) mass is 115 g/mol. The number of aliphatic hydroxyl groups excluding tert-OH is 1. The summed E-state index contributed by atoms with van der Waals surface area (Å²) in [5.74, 6) is 0. The zero-order valence-electron chi connectivity index (χ0n) is 5.68. The molecule has 0 aliphatic rings. The van der Waals surface area contributed by atoms with E-state index in [4.69, 9.17) is 5.11 Å². The van der Waals surface area contributed by atoms with Crippen LogP contribution in [0.1, 0.15) is 6.92 Å². The standard InChI is InChI=1S/C6H13NO/c1-5(2)6(8)7(3)4/h6,8H,1H2,2-4H3. The highest BCUT2D eigenvalue weighted by Crippen LogP contribution is 1.98. The molecule has 0 bridgehead atoms. The first-order valence-electron chi connectivity index (χ1n) is 2.55. The third-order valence-corrected chi connectivity index (χ3v) is 0.930. The Kier molecular flexibility index (Phi) is 2.72. The number of nitrogens with zero attached hydrogens (tertiary/aromatic N) is 1. The van der Waals surface area contributed by atoms with Gasteiger partial charge in [0.25, 0.3) is 0 Å². The number of hydrogen-bond acceptors (Lipinski definition) is 2. The van der Waals surface area contributed by atoms with Gasteiger partial charge in [-0.2, -0.15) is 0 Å². The van der Waals surface area contributed by atoms with E-state index in [0.717, 1.165) is 5.57 Å². The molecule has 2 nitrogen and oxygen atoms in total. The predicted octanol–water partition coefficient (Wildman–Crippen LogP) is 0.442. The van der Waals surface area contributed by atoms with Gasteiger partial charge in [-0.05, 0) is 26.6 Å². The molecule has 0 rings (SSSR count). The lowest BCUT2D eigenvalue weighted by atomic mass is 10.3. The van der Waals surface area contributed by atoms with Crippen LogP contribution in [0.5, 0.6) is 0 Å². The Morgan fingerprint density at radius 2 is 2.00 bits per heavy atom. The Morgan fingerprint density at radius 1 is 1.62 bits per heavy atom. The van der Waals surface area contributed by atoms with Gasteiger partial charge in [0.2, 0.25) is 0 Å². The summed E-state index contributed by atoms with van der Waals surface area (Å²) in [6, 6.07) is 0. The lowest BCUT2D eigenvalue weighted by Gasteiger charge is -2.17. The fourth-order valence-corrected chi connectivity index (χ4v) is 0.441. The van der Waals surface area contributed by atoms with Gasteiger partial charge in [0.1, 0.15) is 6.23 Å². The second kappa shape index (κ2) is 2.84. The van der Waals surface area contributed by atoms with Gasteiger partial charge in [-0.1, -0.05) is 6.58 Å². The van der Waals surface area contributed by atoms with Crippen LogP contribution >= 0.6 is 0 Å². The van der Waals surface area contributed by atoms with Gasteiger partial charge in [0.05, 0.1) is 0 Å². The van der Waals surface area contributed by atoms with Gasteiger partial charge in [-0.3, -0.25) is 4.90 Å². The molecular formula is C6H13NO. The molecule has 0 aliphatic heterocycles. The second-order valence-electron chi connectivity index (χ2n) is 2.18. The molecule has 0 saturated heterocycles. The van der Waals surface area contributed by atoms with Crippen LogP contribution in [0.15, 0.2) is 12.2 Å². The molecule has 1 unspecified atom stereocenters. The third-order valence-electron chi connectivity index (χ3n) is 0.930. The van der Waals surface area contributed by atoms with Crippen molar-refractivity contribution in [3.05, 3.63) is 12.2 Å². The first kappa shape index (κ1) is 7.66. The molecule has 0 aliphatic carbocycles. The molecule has 0 saturated carbocycles. The highest BCUT2D eigenvalue weighted by atomic mass is 16.3. The van der Waals surface area contributed by atoms with Crippen molar-refractivity contribution in [1.29, 1.82) is 0 Å². The summed E-state index contributed by atoms with van der Waals surface area (Å²) >= 11 is 0. The first-order valence-corrected chi connectivity index (χ1v) is 2.55. The highest BCUT2D eigenvalue weighted by molar-refractivity contribution is 4.94. The molecule has 48 valence electrons. The lowest BCUT2D eigenvalue weighted by Crippen LogP contribution is -2.27. The molecule has 0 aromatic rings. The third kappa shape index (κ3) is 2.09. The molecular weight excluding hydrogens is 102 g/mol. The van der Waals surface area contributed by atoms with Gasteiger partial charge in [0.15, 0.2) is 0 Å². The van der Waals surface area contributed by atoms with E-state index < -0.39 is 6.23 Å². The fraction of sp³-hybridized carbons (Fsp3) is 0.667. The summed E-state index contributed by atoms with van der Waals surface area (Å²) in [5, 5.41) is 9.03. The van der Waals surface area contributed by atoms with E-state index in [1.807, 2.05) is 0 Å². The van der Waals surface area contributed by atoms with E-state index in [-0.39, 0.29) is 0 Å². The Balaban J connectivity index is 3.64. The smallest absolute Gasteiger partial charge is 0.128 e. The van der Waals surface area contributed by atoms with Crippen molar-refractivity contribution in [2.45, 2.75) is 13.2 Å². The van der Waals surface area contributed by atoms with Gasteiger partial charge in [-0.15, -0.1) is 0 Å². The highest BCUT2D eigenvalue weighted by Gasteiger charge is 2.04. The second-order valence-corrected chi connectivity index (χ2v) is 2.18. The van der Waals surface area contributed by atoms with Gasteiger partial charge in [0, 0.05) is 0 Å². The molecule has 2 heteroatoms. The molecule has 0 amide bonds. The molecule has 0 fully saturated rings. The molecule has 8 heavy (non-hydrogen) atoms. The van der Waals surface area contributed by atoms with E-state index in [9.17, 15) is 0 Å². The quantitative estimate of drug-likeness (QED) is 0.417. The van der Waals surface area contributed by atoms with Crippen molar-refractivity contribution < 1.29 is 5.11 Å². The zero-order chi connectivity index (χ0) is 6.73. The Hall–Kier alpha value is -0.340. The van der Waals surface area contributed by atoms with Crippen LogP contribution in [-0.4, -0.2) is 30.3 Å². The molecule has 0 heterocycles. The van der Waals surface area contributed by atoms with E-state index >= 15 is 0 Å². The minimum absolute atomic E-state index is 0.491. The predicted molar refractivity (Wildman–Crippen MR) is 34.5 cm³/mol. The Labute approximate surface area is 50.4 Å². The van der Waals surface area contributed by atoms with Crippen LogP contribution < -0.4 is 0 Å². The fourth-order valence-electron chi connectivity index (χ4n) is 0.441. The maximum atomic E-state index is 9.03. The lowest BCUT2D eigenvalue weighted by molar-refractivity contribution is 0.0734. The summed E-state index contributed by atoms with van der Waals surface area (Å²) < 4.78 is 0. The number of hydrogen-bond donors (Lipinski definition) is 1. The van der Waals surface area contributed by atoms with E-state index in [0.29, 0.717) is 0 Å². The van der Waals surface area contributed by atoms with Gasteiger partial charge in [-0.25, -0.2) is 0 Å². The summed E-state index contributed by atoms with van der Waals surface area (Å²) in [7, 11) is 3.61. The minimum Gasteiger partial charge on any atom is -0.374 e. The van der Waals surface area contributed by atoms with E-state index in [2.05, 4.69) is 6.58 Å². The molecule has 0 aromatic heterocycles. The Bertz CT molecular complexity index is 88.5. The maximum Gasteiger partial charge on any atom is 0.128 e. The molecule has 0 spiro atoms. The average molecular weight is 115 g/mol. The van der Waals surface area contributed by atoms with E-state index in [1.54, 1.807) is 25.9 Å². The van der Waals surface area contributed by atoms with Crippen molar-refractivity contribution in [3.8, 4) is 0 Å². The van der Waals surface area contributed by atoms with Gasteiger partial charge >= 0.3 is 0 Å². The number of rotatable bonds is 2. The molecule has 1 N–H and O–H groups in total. The summed E-state index contributed by atoms with van der Waals surface area (Å²) in [5.41, 5.74) is 0.773. The molecule has 0 aromatic carbocycles. The normalized spacial score (nSPS) is 14.1. The summed E-state index contributed by atoms with van der Waals surface area (Å²) in [4.78, 5) is 1.70. The maximum absolute atomic E-state index is 9.03. The number of aliphatic hydroxyl groups is 1. The molecule has 0 radical (unpaired) electrons. The zero-order valence-corrected chi connectivity index (χ0v) is 5.68. The average Bonchev–Trinajstić information content (AvgIpc) is 1.64. The summed E-state index contributed by atoms with van der Waals surface area (Å²) in [6.07, 6.45) is -0.491. The van der Waals surface area contributed by atoms with Crippen molar-refractivity contribution >= 4 is 0 Å². The van der Waals surface area contributed by atoms with E-state index in [1.165, 1.54) is 0 Å². The Morgan fingerprint density at radius 3 is 2.00 bits per heavy atom. The van der Waals surface area contributed by atoms with Crippen LogP contribution in [-0.2, 0) is 0 Å². The SMILES string of the molecule is C=C(C)C(O)N(C)C. The van der Waals surface area contributed by atoms with Crippen LogP contribution in [0.4, 0.5) is 0 Å². The van der Waals surface area contributed by atoms with Gasteiger partial charge < -0.3 is 5.11 Å². The first-order chi connectivity index (χ1) is 3.55. The van der Waals surface area contributed by atoms with Crippen LogP contribution in [0, 0.1) is 0 Å². The van der Waals surface area contributed by atoms with Crippen molar-refractivity contribution in [3.63, 3.8) is 0 Å². The largest absolute Gasteiger partial charge is 0.374 e. The topological polar surface area (TPSA) is 23.5 Å². The summed E-state index contributed by atoms with van der Waals surface area (Å²) in [6.45, 7) is 5.38. The minimum atomic E-state index is -0.491. The van der Waals surface area contributed by atoms with Crippen LogP contribution in [0.3, 0.4) is 0 Å². The van der Waals surface area contributed by atoms with Crippen molar-refractivity contribution in [2.75, 3.05) is 14.1 Å². The number of likely N-dealkylation sites (N-methyl/N-ethyl adjacent to an activating group) is 1. The van der Waals surface area contributed by atoms with Crippen molar-refractivity contribution in [1.82, 2.24) is 4.90 Å². The van der Waals surface area contributed by atoms with Crippen molar-refractivity contribution in [2.24, 2.45) is 0 Å².